The van der Waals surface area contributed by atoms with Crippen LogP contribution < -0.4 is 4.74 Å². The summed E-state index contributed by atoms with van der Waals surface area (Å²) >= 11 is 0. The number of non-ortho nitro benzene ring substituents is 1. The molecule has 0 spiro atoms. The lowest BCUT2D eigenvalue weighted by atomic mass is 9.92. The van der Waals surface area contributed by atoms with Crippen LogP contribution in [0.2, 0.25) is 18.1 Å². The van der Waals surface area contributed by atoms with Crippen LogP contribution in [0.3, 0.4) is 0 Å². The quantitative estimate of drug-likeness (QED) is 0.0884. The third-order valence-electron chi connectivity index (χ3n) is 7.49. The Balaban J connectivity index is 2.22. The Morgan fingerprint density at radius 1 is 0.950 bits per heavy atom. The third-order valence-corrected chi connectivity index (χ3v) is 12.1. The first kappa shape index (κ1) is 33.1. The second kappa shape index (κ2) is 15.6. The predicted octanol–water partition coefficient (Wildman–Crippen LogP) is 6.74. The summed E-state index contributed by atoms with van der Waals surface area (Å²) < 4.78 is 24.0. The zero-order chi connectivity index (χ0) is 29.9. The van der Waals surface area contributed by atoms with Gasteiger partial charge in [-0.15, -0.1) is 0 Å². The van der Waals surface area contributed by atoms with Crippen molar-refractivity contribution in [3.63, 3.8) is 0 Å². The van der Waals surface area contributed by atoms with E-state index in [0.29, 0.717) is 6.42 Å². The van der Waals surface area contributed by atoms with Crippen LogP contribution in [0.4, 0.5) is 5.69 Å². The van der Waals surface area contributed by atoms with Crippen LogP contribution in [0.15, 0.2) is 48.5 Å². The van der Waals surface area contributed by atoms with Crippen molar-refractivity contribution in [1.82, 2.24) is 0 Å². The van der Waals surface area contributed by atoms with Gasteiger partial charge in [-0.2, -0.15) is 0 Å². The molecule has 4 atom stereocenters. The molecule has 2 rings (SSSR count). The summed E-state index contributed by atoms with van der Waals surface area (Å²) in [5.74, 6) is -0.109. The van der Waals surface area contributed by atoms with Gasteiger partial charge in [0, 0.05) is 12.1 Å². The van der Waals surface area contributed by atoms with Crippen LogP contribution >= 0.6 is 0 Å². The summed E-state index contributed by atoms with van der Waals surface area (Å²) in [6, 6.07) is 15.5. The van der Waals surface area contributed by atoms with E-state index in [9.17, 15) is 19.7 Å². The first-order valence-corrected chi connectivity index (χ1v) is 16.4. The fourth-order valence-electron chi connectivity index (χ4n) is 4.79. The molecule has 0 amide bonds. The molecule has 0 aliphatic heterocycles. The van der Waals surface area contributed by atoms with Crippen LogP contribution in [-0.4, -0.2) is 50.4 Å². The van der Waals surface area contributed by atoms with Crippen molar-refractivity contribution in [2.45, 2.75) is 91.0 Å². The lowest BCUT2D eigenvalue weighted by Gasteiger charge is -2.39. The van der Waals surface area contributed by atoms with E-state index in [1.165, 1.54) is 31.2 Å². The first-order valence-electron chi connectivity index (χ1n) is 13.9. The van der Waals surface area contributed by atoms with Gasteiger partial charge in [0.25, 0.3) is 5.69 Å². The lowest BCUT2D eigenvalue weighted by molar-refractivity contribution is -0.384. The van der Waals surface area contributed by atoms with Crippen molar-refractivity contribution < 1.29 is 33.1 Å². The fourth-order valence-corrected chi connectivity index (χ4v) is 7.73. The number of nitro groups is 1. The molecule has 2 aromatic carbocycles. The van der Waals surface area contributed by atoms with Gasteiger partial charge in [0.2, 0.25) is 0 Å². The molecule has 0 aromatic heterocycles. The van der Waals surface area contributed by atoms with Crippen molar-refractivity contribution in [2.24, 2.45) is 5.92 Å². The number of nitro benzene ring substituents is 1. The van der Waals surface area contributed by atoms with Gasteiger partial charge in [-0.3, -0.25) is 14.9 Å². The summed E-state index contributed by atoms with van der Waals surface area (Å²) in [7, 11) is -0.527. The molecule has 0 aliphatic rings. The molecule has 0 aliphatic carbocycles. The average molecular weight is 574 g/mol. The second-order valence-corrected chi connectivity index (χ2v) is 15.0. The first-order chi connectivity index (χ1) is 19.0. The number of Topliss-reactive ketones (excluding diaryl/α,β-unsaturated/α-hetero) is 1. The van der Waals surface area contributed by atoms with Gasteiger partial charge in [0.05, 0.1) is 36.4 Å². The highest BCUT2D eigenvalue weighted by molar-refractivity contribution is 6.73. The molecule has 9 nitrogen and oxygen atoms in total. The van der Waals surface area contributed by atoms with E-state index >= 15 is 0 Å². The Morgan fingerprint density at radius 3 is 2.00 bits per heavy atom. The Labute approximate surface area is 238 Å². The molecule has 0 bridgehead atoms. The molecule has 0 radical (unpaired) electrons. The molecule has 0 saturated carbocycles. The molecule has 0 N–H and O–H groups in total. The lowest BCUT2D eigenvalue weighted by Crippen LogP contribution is -2.50. The number of hydrogen-bond acceptors (Lipinski definition) is 8. The summed E-state index contributed by atoms with van der Waals surface area (Å²) in [5, 5.41) is 10.9. The van der Waals surface area contributed by atoms with Gasteiger partial charge in [0.15, 0.2) is 14.1 Å². The van der Waals surface area contributed by atoms with E-state index in [1.54, 1.807) is 14.0 Å². The molecular formula is C30H43NO8Si. The Kier molecular flexibility index (Phi) is 13.0. The van der Waals surface area contributed by atoms with E-state index < -0.39 is 37.5 Å². The topological polar surface area (TPSA) is 114 Å². The van der Waals surface area contributed by atoms with E-state index in [2.05, 4.69) is 20.8 Å². The van der Waals surface area contributed by atoms with Crippen molar-refractivity contribution in [2.75, 3.05) is 7.11 Å². The maximum absolute atomic E-state index is 12.9. The second-order valence-electron chi connectivity index (χ2n) is 10.2. The maximum atomic E-state index is 12.9. The molecule has 40 heavy (non-hydrogen) atoms. The fraction of sp³-hybridized carbons (Fsp3) is 0.533. The number of rotatable bonds is 17. The SMILES string of the molecule is CC[Si](CC)(CC)O[C@@H]([C@H](C)C[C@H](C)OC(=O)c1ccc([N+](=O)[O-])cc1)[C@@H](OCc1ccc(OC)cc1)C(C)=O. The van der Waals surface area contributed by atoms with E-state index in [0.717, 1.165) is 29.4 Å². The van der Waals surface area contributed by atoms with Gasteiger partial charge in [-0.05, 0) is 74.1 Å². The van der Waals surface area contributed by atoms with Gasteiger partial charge < -0.3 is 18.6 Å². The Morgan fingerprint density at radius 2 is 1.52 bits per heavy atom. The molecular weight excluding hydrogens is 530 g/mol. The molecule has 0 heterocycles. The third kappa shape index (κ3) is 9.24. The maximum Gasteiger partial charge on any atom is 0.338 e. The van der Waals surface area contributed by atoms with Crippen molar-refractivity contribution in [1.29, 1.82) is 0 Å². The predicted molar refractivity (Wildman–Crippen MR) is 156 cm³/mol. The summed E-state index contributed by atoms with van der Waals surface area (Å²) in [6.07, 6.45) is -1.34. The number of carbonyl (C=O) groups excluding carboxylic acids is 2. The number of ketones is 1. The van der Waals surface area contributed by atoms with Crippen LogP contribution in [0, 0.1) is 16.0 Å². The Hall–Kier alpha value is -3.08. The normalized spacial score (nSPS) is 14.6. The van der Waals surface area contributed by atoms with Gasteiger partial charge in [-0.1, -0.05) is 39.8 Å². The molecule has 10 heteroatoms. The number of hydrogen-bond donors (Lipinski definition) is 0. The zero-order valence-corrected chi connectivity index (χ0v) is 25.7. The summed E-state index contributed by atoms with van der Waals surface area (Å²) in [5.41, 5.74) is 1.05. The Bertz CT molecular complexity index is 1090. The standard InChI is InChI=1S/C30H43NO8Si/c1-8-40(9-2,10-3)39-28(29(23(6)32)37-20-24-11-17-27(36-7)18-12-24)21(4)19-22(5)38-30(33)25-13-15-26(16-14-25)31(34)35/h11-18,21-22,28-29H,8-10,19-20H2,1-7H3/t21-,22+,28+,29+/m1/s1. The monoisotopic (exact) mass is 573 g/mol. The minimum absolute atomic E-state index is 0.0986. The molecule has 0 saturated heterocycles. The average Bonchev–Trinajstić information content (AvgIpc) is 2.95. The van der Waals surface area contributed by atoms with Gasteiger partial charge >= 0.3 is 5.97 Å². The van der Waals surface area contributed by atoms with Gasteiger partial charge in [-0.25, -0.2) is 4.79 Å². The van der Waals surface area contributed by atoms with Crippen molar-refractivity contribution in [3.05, 3.63) is 69.8 Å². The van der Waals surface area contributed by atoms with E-state index in [1.807, 2.05) is 31.2 Å². The number of ether oxygens (including phenoxy) is 3. The number of carbonyl (C=O) groups is 2. The summed E-state index contributed by atoms with van der Waals surface area (Å²) in [4.78, 5) is 36.0. The number of nitrogens with zero attached hydrogens (tertiary/aromatic N) is 1. The number of esters is 1. The van der Waals surface area contributed by atoms with E-state index in [4.69, 9.17) is 18.6 Å². The highest BCUT2D eigenvalue weighted by atomic mass is 28.4. The van der Waals surface area contributed by atoms with Crippen LogP contribution in [0.25, 0.3) is 0 Å². The van der Waals surface area contributed by atoms with E-state index in [-0.39, 0.29) is 29.6 Å². The minimum Gasteiger partial charge on any atom is -0.497 e. The molecule has 220 valence electrons. The molecule has 0 fully saturated rings. The molecule has 2 aromatic rings. The van der Waals surface area contributed by atoms with Crippen LogP contribution in [-0.2, 0) is 25.3 Å². The number of methoxy groups -OCH3 is 1. The molecule has 0 unspecified atom stereocenters. The van der Waals surface area contributed by atoms with Crippen LogP contribution in [0.1, 0.15) is 63.9 Å². The van der Waals surface area contributed by atoms with Gasteiger partial charge in [0.1, 0.15) is 11.9 Å². The zero-order valence-electron chi connectivity index (χ0n) is 24.7. The highest BCUT2D eigenvalue weighted by Gasteiger charge is 2.40. The highest BCUT2D eigenvalue weighted by Crippen LogP contribution is 2.31. The number of benzene rings is 2. The van der Waals surface area contributed by atoms with Crippen molar-refractivity contribution >= 4 is 25.8 Å². The smallest absolute Gasteiger partial charge is 0.338 e. The van der Waals surface area contributed by atoms with Crippen molar-refractivity contribution in [3.8, 4) is 5.75 Å². The largest absolute Gasteiger partial charge is 0.497 e. The van der Waals surface area contributed by atoms with Crippen LogP contribution in [0.5, 0.6) is 5.75 Å². The minimum atomic E-state index is -2.13. The summed E-state index contributed by atoms with van der Waals surface area (Å²) in [6.45, 7) is 12.0.